The Labute approximate surface area is 156 Å². The lowest BCUT2D eigenvalue weighted by molar-refractivity contribution is -0.123. The van der Waals surface area contributed by atoms with Crippen LogP contribution in [-0.2, 0) is 4.79 Å². The predicted molar refractivity (Wildman–Crippen MR) is 102 cm³/mol. The van der Waals surface area contributed by atoms with Crippen LogP contribution in [0.4, 0.5) is 5.69 Å². The molecule has 0 saturated heterocycles. The van der Waals surface area contributed by atoms with Crippen molar-refractivity contribution in [2.75, 3.05) is 25.1 Å². The van der Waals surface area contributed by atoms with E-state index in [4.69, 9.17) is 26.4 Å². The number of carbonyl (C=O) groups excluding carboxylic acids is 1. The van der Waals surface area contributed by atoms with Gasteiger partial charge in [0.1, 0.15) is 19.0 Å². The summed E-state index contributed by atoms with van der Waals surface area (Å²) in [5, 5.41) is 3.20. The Balaban J connectivity index is 1.43. The monoisotopic (exact) mass is 373 g/mol. The number of thiocarbonyl (C=S) groups is 1. The largest absolute Gasteiger partial charge is 0.486 e. The van der Waals surface area contributed by atoms with Crippen molar-refractivity contribution in [2.45, 2.75) is 6.92 Å². The molecule has 8 heteroatoms. The van der Waals surface area contributed by atoms with Crippen molar-refractivity contribution in [3.05, 3.63) is 48.0 Å². The minimum Gasteiger partial charge on any atom is -0.486 e. The number of para-hydroxylation sites is 1. The molecule has 0 unspecified atom stereocenters. The number of aryl methyl sites for hydroxylation is 1. The van der Waals surface area contributed by atoms with Gasteiger partial charge in [-0.05, 0) is 42.9 Å². The Morgan fingerprint density at radius 1 is 1.12 bits per heavy atom. The summed E-state index contributed by atoms with van der Waals surface area (Å²) in [6, 6.07) is 12.9. The number of hydrogen-bond acceptors (Lipinski definition) is 5. The molecule has 26 heavy (non-hydrogen) atoms. The van der Waals surface area contributed by atoms with Crippen molar-refractivity contribution in [3.63, 3.8) is 0 Å². The summed E-state index contributed by atoms with van der Waals surface area (Å²) in [4.78, 5) is 11.9. The minimum atomic E-state index is -0.348. The van der Waals surface area contributed by atoms with Gasteiger partial charge < -0.3 is 19.5 Å². The van der Waals surface area contributed by atoms with Gasteiger partial charge in [0, 0.05) is 11.8 Å². The number of amides is 1. The van der Waals surface area contributed by atoms with Crippen molar-refractivity contribution < 1.29 is 19.0 Å². The number of hydrazine groups is 1. The normalized spacial score (nSPS) is 12.0. The Hall–Kier alpha value is -3.00. The maximum Gasteiger partial charge on any atom is 0.276 e. The standard InChI is InChI=1S/C18H19N3O4S/c1-12-4-2-3-5-14(12)25-11-17(22)20-21-18(26)19-13-6-7-15-16(10-13)24-9-8-23-15/h2-7,10H,8-9,11H2,1H3,(H,20,22)(H2,19,21,26). The molecule has 0 saturated carbocycles. The third-order valence-corrected chi connectivity index (χ3v) is 3.77. The van der Waals surface area contributed by atoms with Gasteiger partial charge in [-0.25, -0.2) is 0 Å². The number of carbonyl (C=O) groups is 1. The number of rotatable bonds is 4. The van der Waals surface area contributed by atoms with Crippen LogP contribution in [0.1, 0.15) is 5.56 Å². The van der Waals surface area contributed by atoms with Crippen molar-refractivity contribution in [1.82, 2.24) is 10.9 Å². The molecule has 0 aromatic heterocycles. The highest BCUT2D eigenvalue weighted by atomic mass is 32.1. The van der Waals surface area contributed by atoms with Crippen LogP contribution in [0.5, 0.6) is 17.2 Å². The first-order valence-corrected chi connectivity index (χ1v) is 8.46. The fourth-order valence-corrected chi connectivity index (χ4v) is 2.48. The molecule has 1 amide bonds. The first-order chi connectivity index (χ1) is 12.6. The molecule has 1 aliphatic heterocycles. The van der Waals surface area contributed by atoms with E-state index in [1.54, 1.807) is 12.1 Å². The first-order valence-electron chi connectivity index (χ1n) is 8.06. The van der Waals surface area contributed by atoms with E-state index in [1.165, 1.54) is 0 Å². The lowest BCUT2D eigenvalue weighted by Crippen LogP contribution is -2.45. The molecular formula is C18H19N3O4S. The van der Waals surface area contributed by atoms with Gasteiger partial charge in [-0.1, -0.05) is 18.2 Å². The number of anilines is 1. The molecule has 1 heterocycles. The third kappa shape index (κ3) is 4.76. The van der Waals surface area contributed by atoms with Crippen LogP contribution in [0.3, 0.4) is 0 Å². The molecule has 3 N–H and O–H groups in total. The van der Waals surface area contributed by atoms with Crippen LogP contribution in [0.15, 0.2) is 42.5 Å². The Morgan fingerprint density at radius 2 is 1.88 bits per heavy atom. The van der Waals surface area contributed by atoms with Crippen molar-refractivity contribution in [2.24, 2.45) is 0 Å². The van der Waals surface area contributed by atoms with Gasteiger partial charge in [-0.2, -0.15) is 0 Å². The highest BCUT2D eigenvalue weighted by Gasteiger charge is 2.12. The van der Waals surface area contributed by atoms with Crippen LogP contribution in [0.25, 0.3) is 0 Å². The summed E-state index contributed by atoms with van der Waals surface area (Å²) in [5.41, 5.74) is 6.79. The number of hydrogen-bond donors (Lipinski definition) is 3. The molecule has 0 atom stereocenters. The van der Waals surface area contributed by atoms with E-state index in [2.05, 4.69) is 16.2 Å². The van der Waals surface area contributed by atoms with E-state index in [-0.39, 0.29) is 17.6 Å². The lowest BCUT2D eigenvalue weighted by Gasteiger charge is -2.19. The van der Waals surface area contributed by atoms with Crippen LogP contribution in [0.2, 0.25) is 0 Å². The van der Waals surface area contributed by atoms with Gasteiger partial charge in [0.05, 0.1) is 0 Å². The zero-order valence-electron chi connectivity index (χ0n) is 14.2. The zero-order chi connectivity index (χ0) is 18.4. The van der Waals surface area contributed by atoms with Crippen molar-refractivity contribution >= 4 is 28.9 Å². The molecule has 0 bridgehead atoms. The van der Waals surface area contributed by atoms with E-state index in [1.807, 2.05) is 37.3 Å². The molecule has 0 radical (unpaired) electrons. The van der Waals surface area contributed by atoms with Gasteiger partial charge in [0.2, 0.25) is 0 Å². The molecule has 1 aliphatic rings. The Kier molecular flexibility index (Phi) is 5.75. The van der Waals surface area contributed by atoms with E-state index < -0.39 is 0 Å². The Morgan fingerprint density at radius 3 is 2.69 bits per heavy atom. The average molecular weight is 373 g/mol. The molecule has 0 fully saturated rings. The predicted octanol–water partition coefficient (Wildman–Crippen LogP) is 2.16. The summed E-state index contributed by atoms with van der Waals surface area (Å²) in [6.07, 6.45) is 0. The van der Waals surface area contributed by atoms with Crippen LogP contribution in [-0.4, -0.2) is 30.8 Å². The summed E-state index contributed by atoms with van der Waals surface area (Å²) in [6.45, 7) is 2.84. The van der Waals surface area contributed by atoms with E-state index in [0.29, 0.717) is 30.5 Å². The fourth-order valence-electron chi connectivity index (χ4n) is 2.31. The number of benzene rings is 2. The Bertz CT molecular complexity index is 813. The maximum absolute atomic E-state index is 11.9. The van der Waals surface area contributed by atoms with Gasteiger partial charge in [0.25, 0.3) is 5.91 Å². The average Bonchev–Trinajstić information content (AvgIpc) is 2.65. The van der Waals surface area contributed by atoms with Gasteiger partial charge >= 0.3 is 0 Å². The number of ether oxygens (including phenoxy) is 3. The van der Waals surface area contributed by atoms with Gasteiger partial charge in [-0.15, -0.1) is 0 Å². The first kappa shape index (κ1) is 17.8. The van der Waals surface area contributed by atoms with Crippen molar-refractivity contribution in [1.29, 1.82) is 0 Å². The second kappa shape index (κ2) is 8.39. The van der Waals surface area contributed by atoms with E-state index in [9.17, 15) is 4.79 Å². The molecular weight excluding hydrogens is 354 g/mol. The second-order valence-electron chi connectivity index (χ2n) is 5.54. The molecule has 2 aromatic rings. The number of fused-ring (bicyclic) bond motifs is 1. The summed E-state index contributed by atoms with van der Waals surface area (Å²) in [5.74, 6) is 1.67. The SMILES string of the molecule is Cc1ccccc1OCC(=O)NNC(=S)Nc1ccc2c(c1)OCCO2. The topological polar surface area (TPSA) is 80.9 Å². The molecule has 0 spiro atoms. The highest BCUT2D eigenvalue weighted by molar-refractivity contribution is 7.80. The molecule has 7 nitrogen and oxygen atoms in total. The zero-order valence-corrected chi connectivity index (χ0v) is 15.0. The molecule has 2 aromatic carbocycles. The smallest absolute Gasteiger partial charge is 0.276 e. The van der Waals surface area contributed by atoms with Crippen LogP contribution < -0.4 is 30.4 Å². The van der Waals surface area contributed by atoms with Crippen molar-refractivity contribution in [3.8, 4) is 17.2 Å². The maximum atomic E-state index is 11.9. The van der Waals surface area contributed by atoms with E-state index in [0.717, 1.165) is 11.3 Å². The van der Waals surface area contributed by atoms with E-state index >= 15 is 0 Å². The summed E-state index contributed by atoms with van der Waals surface area (Å²) in [7, 11) is 0. The molecule has 0 aliphatic carbocycles. The lowest BCUT2D eigenvalue weighted by atomic mass is 10.2. The summed E-state index contributed by atoms with van der Waals surface area (Å²) >= 11 is 5.16. The molecule has 3 rings (SSSR count). The molecule has 136 valence electrons. The summed E-state index contributed by atoms with van der Waals surface area (Å²) < 4.78 is 16.4. The van der Waals surface area contributed by atoms with Gasteiger partial charge in [0.15, 0.2) is 23.2 Å². The third-order valence-electron chi connectivity index (χ3n) is 3.57. The quantitative estimate of drug-likeness (QED) is 0.560. The highest BCUT2D eigenvalue weighted by Crippen LogP contribution is 2.32. The van der Waals surface area contributed by atoms with Crippen LogP contribution >= 0.6 is 12.2 Å². The minimum absolute atomic E-state index is 0.121. The fraction of sp³-hybridized carbons (Fsp3) is 0.222. The van der Waals surface area contributed by atoms with Crippen LogP contribution in [0, 0.1) is 6.92 Å². The van der Waals surface area contributed by atoms with Gasteiger partial charge in [-0.3, -0.25) is 15.6 Å². The number of nitrogens with one attached hydrogen (secondary N) is 3. The second-order valence-corrected chi connectivity index (χ2v) is 5.95.